The monoisotopic (exact) mass is 653 g/mol. The van der Waals surface area contributed by atoms with Crippen molar-refractivity contribution >= 4 is 71.6 Å². The number of nitro groups is 1. The molecule has 174 valence electrons. The smallest absolute Gasteiger partial charge is 0.343 e. The summed E-state index contributed by atoms with van der Waals surface area (Å²) in [6.07, 6.45) is 1.33. The lowest BCUT2D eigenvalue weighted by Crippen LogP contribution is -2.24. The molecular formula is C22H14Br3N3O6. The van der Waals surface area contributed by atoms with Gasteiger partial charge in [0.05, 0.1) is 21.2 Å². The number of ether oxygens (including phenoxy) is 2. The number of halogens is 3. The Kier molecular flexibility index (Phi) is 8.91. The van der Waals surface area contributed by atoms with E-state index in [9.17, 15) is 19.7 Å². The van der Waals surface area contributed by atoms with Crippen LogP contribution < -0.4 is 14.9 Å². The number of nitrogens with zero attached hydrogens (tertiary/aromatic N) is 2. The summed E-state index contributed by atoms with van der Waals surface area (Å²) >= 11 is 9.82. The van der Waals surface area contributed by atoms with Crippen LogP contribution in [0.15, 0.2) is 79.2 Å². The molecule has 12 heteroatoms. The molecule has 0 saturated carbocycles. The molecule has 3 aromatic rings. The first-order valence-electron chi connectivity index (χ1n) is 9.39. The van der Waals surface area contributed by atoms with Crippen molar-refractivity contribution in [2.75, 3.05) is 6.61 Å². The van der Waals surface area contributed by atoms with E-state index < -0.39 is 16.8 Å². The lowest BCUT2D eigenvalue weighted by molar-refractivity contribution is -0.384. The van der Waals surface area contributed by atoms with Gasteiger partial charge < -0.3 is 9.47 Å². The molecule has 0 saturated heterocycles. The average molecular weight is 656 g/mol. The van der Waals surface area contributed by atoms with Crippen LogP contribution in [0.1, 0.15) is 15.9 Å². The zero-order valence-electron chi connectivity index (χ0n) is 17.0. The highest BCUT2D eigenvalue weighted by atomic mass is 79.9. The fraction of sp³-hybridized carbons (Fsp3) is 0.0455. The maximum absolute atomic E-state index is 12.4. The van der Waals surface area contributed by atoms with Crippen molar-refractivity contribution < 1.29 is 24.0 Å². The molecule has 0 spiro atoms. The zero-order valence-corrected chi connectivity index (χ0v) is 21.8. The third-order valence-corrected chi connectivity index (χ3v) is 5.77. The number of esters is 1. The first kappa shape index (κ1) is 25.5. The second-order valence-corrected chi connectivity index (χ2v) is 9.22. The van der Waals surface area contributed by atoms with Crippen LogP contribution >= 0.6 is 47.8 Å². The highest BCUT2D eigenvalue weighted by Crippen LogP contribution is 2.29. The molecule has 9 nitrogen and oxygen atoms in total. The summed E-state index contributed by atoms with van der Waals surface area (Å²) in [6, 6.07) is 15.6. The zero-order chi connectivity index (χ0) is 24.7. The molecule has 3 rings (SSSR count). The number of nitro benzene ring substituents is 1. The summed E-state index contributed by atoms with van der Waals surface area (Å²) in [5, 5.41) is 14.7. The van der Waals surface area contributed by atoms with E-state index in [0.29, 0.717) is 15.6 Å². The topological polar surface area (TPSA) is 120 Å². The molecule has 0 unspecified atom stereocenters. The molecule has 0 radical (unpaired) electrons. The molecule has 0 aliphatic carbocycles. The van der Waals surface area contributed by atoms with Crippen LogP contribution in [-0.2, 0) is 4.79 Å². The number of amides is 1. The van der Waals surface area contributed by atoms with Crippen molar-refractivity contribution in [2.45, 2.75) is 0 Å². The Morgan fingerprint density at radius 2 is 1.65 bits per heavy atom. The number of non-ortho nitro benzene ring substituents is 1. The van der Waals surface area contributed by atoms with Gasteiger partial charge in [-0.25, -0.2) is 10.2 Å². The van der Waals surface area contributed by atoms with Crippen molar-refractivity contribution in [2.24, 2.45) is 5.10 Å². The predicted octanol–water partition coefficient (Wildman–Crippen LogP) is 5.63. The Bertz CT molecular complexity index is 1270. The van der Waals surface area contributed by atoms with Crippen molar-refractivity contribution in [1.82, 2.24) is 5.43 Å². The number of hydrogen-bond acceptors (Lipinski definition) is 7. The van der Waals surface area contributed by atoms with Gasteiger partial charge in [-0.3, -0.25) is 14.9 Å². The lowest BCUT2D eigenvalue weighted by Gasteiger charge is -2.09. The Hall–Kier alpha value is -3.09. The highest BCUT2D eigenvalue weighted by Gasteiger charge is 2.13. The molecule has 0 fully saturated rings. The number of nitrogens with one attached hydrogen (secondary N) is 1. The normalized spacial score (nSPS) is 10.7. The molecule has 34 heavy (non-hydrogen) atoms. The number of carbonyl (C=O) groups is 2. The summed E-state index contributed by atoms with van der Waals surface area (Å²) in [7, 11) is 0. The van der Waals surface area contributed by atoms with Gasteiger partial charge in [0, 0.05) is 26.6 Å². The van der Waals surface area contributed by atoms with Gasteiger partial charge in [0.2, 0.25) is 0 Å². The minimum absolute atomic E-state index is 0.112. The van der Waals surface area contributed by atoms with Gasteiger partial charge in [0.15, 0.2) is 6.61 Å². The van der Waals surface area contributed by atoms with Crippen LogP contribution in [0.25, 0.3) is 0 Å². The Morgan fingerprint density at radius 1 is 0.971 bits per heavy atom. The average Bonchev–Trinajstić information content (AvgIpc) is 2.80. The van der Waals surface area contributed by atoms with Gasteiger partial charge in [0.1, 0.15) is 11.5 Å². The highest BCUT2D eigenvalue weighted by molar-refractivity contribution is 9.11. The molecule has 0 aliphatic heterocycles. The van der Waals surface area contributed by atoms with E-state index in [-0.39, 0.29) is 23.8 Å². The third kappa shape index (κ3) is 7.20. The minimum atomic E-state index is -0.565. The van der Waals surface area contributed by atoms with Crippen LogP contribution in [-0.4, -0.2) is 29.6 Å². The van der Waals surface area contributed by atoms with E-state index in [2.05, 4.69) is 58.3 Å². The fourth-order valence-electron chi connectivity index (χ4n) is 2.53. The minimum Gasteiger partial charge on any atom is -0.483 e. The van der Waals surface area contributed by atoms with Crippen LogP contribution in [0.5, 0.6) is 11.5 Å². The van der Waals surface area contributed by atoms with E-state index in [1.165, 1.54) is 24.4 Å². The van der Waals surface area contributed by atoms with Crippen LogP contribution in [0.2, 0.25) is 0 Å². The van der Waals surface area contributed by atoms with Gasteiger partial charge >= 0.3 is 5.97 Å². The number of hydrogen-bond donors (Lipinski definition) is 1. The maximum Gasteiger partial charge on any atom is 0.343 e. The standard InChI is InChI=1S/C22H14Br3N3O6/c23-15-3-1-13(2-4-15)22(30)34-19-7-5-16(24)9-14(19)11-26-27-21(29)12-33-20-8-6-17(28(31)32)10-18(20)25/h1-11H,12H2,(H,27,29)/b26-11-. The number of carbonyl (C=O) groups excluding carboxylic acids is 2. The largest absolute Gasteiger partial charge is 0.483 e. The first-order valence-corrected chi connectivity index (χ1v) is 11.8. The van der Waals surface area contributed by atoms with Crippen LogP contribution in [0.3, 0.4) is 0 Å². The van der Waals surface area contributed by atoms with Gasteiger partial charge in [-0.1, -0.05) is 31.9 Å². The molecule has 0 aromatic heterocycles. The molecule has 0 heterocycles. The van der Waals surface area contributed by atoms with E-state index in [1.54, 1.807) is 42.5 Å². The Balaban J connectivity index is 1.61. The van der Waals surface area contributed by atoms with Crippen molar-refractivity contribution in [3.63, 3.8) is 0 Å². The summed E-state index contributed by atoms with van der Waals surface area (Å²) in [6.45, 7) is -0.377. The fourth-order valence-corrected chi connectivity index (χ4v) is 3.65. The second-order valence-electron chi connectivity index (χ2n) is 6.53. The van der Waals surface area contributed by atoms with E-state index in [1.807, 2.05) is 0 Å². The number of benzene rings is 3. The molecule has 0 bridgehead atoms. The summed E-state index contributed by atoms with van der Waals surface area (Å²) in [5.74, 6) is -0.598. The van der Waals surface area contributed by atoms with Crippen LogP contribution in [0, 0.1) is 10.1 Å². The summed E-state index contributed by atoms with van der Waals surface area (Å²) in [4.78, 5) is 34.7. The Morgan fingerprint density at radius 3 is 2.32 bits per heavy atom. The SMILES string of the molecule is O=C(COc1ccc([N+](=O)[O-])cc1Br)N/N=C\c1cc(Br)ccc1OC(=O)c1ccc(Br)cc1. The van der Waals surface area contributed by atoms with Gasteiger partial charge in [0.25, 0.3) is 11.6 Å². The van der Waals surface area contributed by atoms with Gasteiger partial charge in [-0.05, 0) is 64.5 Å². The van der Waals surface area contributed by atoms with Crippen LogP contribution in [0.4, 0.5) is 5.69 Å². The Labute approximate surface area is 218 Å². The van der Waals surface area contributed by atoms with Gasteiger partial charge in [-0.15, -0.1) is 0 Å². The molecule has 1 amide bonds. The quantitative estimate of drug-likeness (QED) is 0.110. The van der Waals surface area contributed by atoms with E-state index in [0.717, 1.165) is 8.95 Å². The number of rotatable bonds is 8. The molecular weight excluding hydrogens is 642 g/mol. The second kappa shape index (κ2) is 11.9. The lowest BCUT2D eigenvalue weighted by atomic mass is 10.2. The predicted molar refractivity (Wildman–Crippen MR) is 135 cm³/mol. The van der Waals surface area contributed by atoms with Crippen molar-refractivity contribution in [1.29, 1.82) is 0 Å². The maximum atomic E-state index is 12.4. The molecule has 1 N–H and O–H groups in total. The first-order chi connectivity index (χ1) is 16.2. The summed E-state index contributed by atoms with van der Waals surface area (Å²) in [5.41, 5.74) is 3.01. The third-order valence-electron chi connectivity index (χ3n) is 4.13. The molecule has 3 aromatic carbocycles. The van der Waals surface area contributed by atoms with Gasteiger partial charge in [-0.2, -0.15) is 5.10 Å². The molecule has 0 atom stereocenters. The molecule has 0 aliphatic rings. The number of hydrazone groups is 1. The summed E-state index contributed by atoms with van der Waals surface area (Å²) < 4.78 is 12.7. The van der Waals surface area contributed by atoms with E-state index >= 15 is 0 Å². The van der Waals surface area contributed by atoms with Crippen molar-refractivity contribution in [3.05, 3.63) is 95.3 Å². The van der Waals surface area contributed by atoms with E-state index in [4.69, 9.17) is 9.47 Å². The van der Waals surface area contributed by atoms with Crippen molar-refractivity contribution in [3.8, 4) is 11.5 Å².